The summed E-state index contributed by atoms with van der Waals surface area (Å²) in [6, 6.07) is 4.11. The van der Waals surface area contributed by atoms with Gasteiger partial charge >= 0.3 is 6.09 Å². The molecule has 1 aromatic carbocycles. The summed E-state index contributed by atoms with van der Waals surface area (Å²) >= 11 is 11.7. The number of imide groups is 1. The summed E-state index contributed by atoms with van der Waals surface area (Å²) in [5, 5.41) is 5.44. The maximum Gasteiger partial charge on any atom is 0.413 e. The van der Waals surface area contributed by atoms with Crippen LogP contribution in [0.2, 0.25) is 10.0 Å². The molecule has 0 heterocycles. The quantitative estimate of drug-likeness (QED) is 0.719. The topological polar surface area (TPSA) is 88.9 Å². The molecule has 126 valence electrons. The van der Waals surface area contributed by atoms with E-state index in [0.29, 0.717) is 20.6 Å². The number of carbonyl (C=O) groups is 3. The first-order chi connectivity index (χ1) is 10.7. The van der Waals surface area contributed by atoms with Gasteiger partial charge in [0, 0.05) is 5.69 Å². The van der Waals surface area contributed by atoms with Crippen molar-refractivity contribution >= 4 is 46.8 Å². The van der Waals surface area contributed by atoms with Crippen molar-refractivity contribution in [2.24, 2.45) is 0 Å². The SMILES string of the molecule is COC(=O)NC(=O)[C@@H](C)[NH+](C)CC(=O)Nc1ccc(Cl)c(Cl)c1. The summed E-state index contributed by atoms with van der Waals surface area (Å²) in [6.07, 6.45) is -0.838. The van der Waals surface area contributed by atoms with Gasteiger partial charge in [0.2, 0.25) is 0 Å². The monoisotopic (exact) mass is 362 g/mol. The van der Waals surface area contributed by atoms with Crippen molar-refractivity contribution in [3.63, 3.8) is 0 Å². The Balaban J connectivity index is 2.56. The summed E-state index contributed by atoms with van der Waals surface area (Å²) in [6.45, 7) is 1.62. The van der Waals surface area contributed by atoms with Crippen LogP contribution in [0, 0.1) is 0 Å². The molecular weight excluding hydrogens is 345 g/mol. The minimum Gasteiger partial charge on any atom is -0.453 e. The molecule has 3 amide bonds. The van der Waals surface area contributed by atoms with Crippen molar-refractivity contribution in [3.05, 3.63) is 28.2 Å². The number of hydrogen-bond donors (Lipinski definition) is 3. The van der Waals surface area contributed by atoms with Crippen molar-refractivity contribution < 1.29 is 24.0 Å². The van der Waals surface area contributed by atoms with Gasteiger partial charge in [0.05, 0.1) is 24.2 Å². The Morgan fingerprint density at radius 2 is 1.91 bits per heavy atom. The molecule has 23 heavy (non-hydrogen) atoms. The predicted molar refractivity (Wildman–Crippen MR) is 86.9 cm³/mol. The Bertz CT molecular complexity index is 610. The number of methoxy groups -OCH3 is 1. The van der Waals surface area contributed by atoms with Gasteiger partial charge in [-0.15, -0.1) is 0 Å². The molecule has 0 saturated heterocycles. The lowest BCUT2D eigenvalue weighted by Crippen LogP contribution is -3.15. The average molecular weight is 363 g/mol. The normalized spacial score (nSPS) is 12.9. The molecule has 0 aliphatic carbocycles. The van der Waals surface area contributed by atoms with Gasteiger partial charge in [0.15, 0.2) is 12.6 Å². The van der Waals surface area contributed by atoms with Gasteiger partial charge in [-0.2, -0.15) is 0 Å². The highest BCUT2D eigenvalue weighted by atomic mass is 35.5. The molecule has 2 atom stereocenters. The number of nitrogens with one attached hydrogen (secondary N) is 3. The average Bonchev–Trinajstić information content (AvgIpc) is 2.49. The number of anilines is 1. The number of hydrogen-bond acceptors (Lipinski definition) is 4. The van der Waals surface area contributed by atoms with E-state index in [2.05, 4.69) is 15.4 Å². The van der Waals surface area contributed by atoms with Crippen LogP contribution in [-0.4, -0.2) is 44.7 Å². The molecule has 7 nitrogen and oxygen atoms in total. The van der Waals surface area contributed by atoms with Gasteiger partial charge in [-0.1, -0.05) is 23.2 Å². The number of benzene rings is 1. The fourth-order valence-corrected chi connectivity index (χ4v) is 1.97. The molecule has 0 aromatic heterocycles. The van der Waals surface area contributed by atoms with E-state index < -0.39 is 18.0 Å². The summed E-state index contributed by atoms with van der Waals surface area (Å²) < 4.78 is 4.35. The number of rotatable bonds is 5. The first-order valence-corrected chi connectivity index (χ1v) is 7.46. The highest BCUT2D eigenvalue weighted by Crippen LogP contribution is 2.24. The van der Waals surface area contributed by atoms with Gasteiger partial charge in [-0.05, 0) is 25.1 Å². The Hall–Kier alpha value is -1.83. The van der Waals surface area contributed by atoms with Gasteiger partial charge in [0.25, 0.3) is 11.8 Å². The van der Waals surface area contributed by atoms with Crippen molar-refractivity contribution in [3.8, 4) is 0 Å². The van der Waals surface area contributed by atoms with E-state index >= 15 is 0 Å². The van der Waals surface area contributed by atoms with Crippen LogP contribution in [0.4, 0.5) is 10.5 Å². The molecule has 0 fully saturated rings. The highest BCUT2D eigenvalue weighted by Gasteiger charge is 2.25. The lowest BCUT2D eigenvalue weighted by atomic mass is 10.2. The molecule has 0 aliphatic rings. The largest absolute Gasteiger partial charge is 0.453 e. The third-order valence-electron chi connectivity index (χ3n) is 3.19. The zero-order valence-corrected chi connectivity index (χ0v) is 14.4. The first kappa shape index (κ1) is 19.2. The Kier molecular flexibility index (Phi) is 7.28. The van der Waals surface area contributed by atoms with Crippen LogP contribution in [0.3, 0.4) is 0 Å². The van der Waals surface area contributed by atoms with E-state index in [9.17, 15) is 14.4 Å². The van der Waals surface area contributed by atoms with E-state index in [0.717, 1.165) is 7.11 Å². The number of carbonyl (C=O) groups excluding carboxylic acids is 3. The van der Waals surface area contributed by atoms with Crippen molar-refractivity contribution in [2.75, 3.05) is 26.0 Å². The number of amides is 3. The van der Waals surface area contributed by atoms with Gasteiger partial charge in [-0.3, -0.25) is 14.9 Å². The van der Waals surface area contributed by atoms with Gasteiger partial charge in [-0.25, -0.2) is 4.79 Å². The molecule has 0 radical (unpaired) electrons. The van der Waals surface area contributed by atoms with Crippen LogP contribution < -0.4 is 15.5 Å². The smallest absolute Gasteiger partial charge is 0.413 e. The Morgan fingerprint density at radius 1 is 1.26 bits per heavy atom. The van der Waals surface area contributed by atoms with Gasteiger partial charge < -0.3 is 15.0 Å². The fourth-order valence-electron chi connectivity index (χ4n) is 1.67. The summed E-state index contributed by atoms with van der Waals surface area (Å²) in [4.78, 5) is 35.4. The van der Waals surface area contributed by atoms with E-state index in [1.165, 1.54) is 6.07 Å². The lowest BCUT2D eigenvalue weighted by Gasteiger charge is -2.20. The number of likely N-dealkylation sites (N-methyl/N-ethyl adjacent to an activating group) is 1. The third-order valence-corrected chi connectivity index (χ3v) is 3.92. The second kappa shape index (κ2) is 8.71. The van der Waals surface area contributed by atoms with E-state index in [1.54, 1.807) is 26.1 Å². The third kappa shape index (κ3) is 6.05. The van der Waals surface area contributed by atoms with Crippen molar-refractivity contribution in [2.45, 2.75) is 13.0 Å². The summed E-state index contributed by atoms with van der Waals surface area (Å²) in [5.41, 5.74) is 0.504. The maximum atomic E-state index is 12.0. The number of halogens is 2. The number of ether oxygens (including phenoxy) is 1. The molecule has 1 aromatic rings. The lowest BCUT2D eigenvalue weighted by molar-refractivity contribution is -0.885. The molecule has 0 spiro atoms. The van der Waals surface area contributed by atoms with Gasteiger partial charge in [0.1, 0.15) is 0 Å². The van der Waals surface area contributed by atoms with Crippen LogP contribution in [0.25, 0.3) is 0 Å². The maximum absolute atomic E-state index is 12.0. The molecule has 3 N–H and O–H groups in total. The Labute approximate surface area is 143 Å². The zero-order valence-electron chi connectivity index (χ0n) is 12.9. The van der Waals surface area contributed by atoms with Crippen LogP contribution >= 0.6 is 23.2 Å². The number of alkyl carbamates (subject to hydrolysis) is 1. The van der Waals surface area contributed by atoms with E-state index in [-0.39, 0.29) is 12.5 Å². The summed E-state index contributed by atoms with van der Waals surface area (Å²) in [5.74, 6) is -0.838. The standard InChI is InChI=1S/C14H17Cl2N3O4/c1-8(13(21)18-14(22)23-3)19(2)7-12(20)17-9-4-5-10(15)11(16)6-9/h4-6,8H,7H2,1-3H3,(H,17,20)(H,18,21,22)/p+1/t8-/m1/s1. The second-order valence-corrected chi connectivity index (χ2v) is 5.72. The van der Waals surface area contributed by atoms with Crippen molar-refractivity contribution in [1.29, 1.82) is 0 Å². The van der Waals surface area contributed by atoms with Crippen LogP contribution in [0.1, 0.15) is 6.92 Å². The van der Waals surface area contributed by atoms with Crippen molar-refractivity contribution in [1.82, 2.24) is 5.32 Å². The van der Waals surface area contributed by atoms with Crippen LogP contribution in [0.15, 0.2) is 18.2 Å². The minimum atomic E-state index is -0.838. The molecule has 1 rings (SSSR count). The van der Waals surface area contributed by atoms with Crippen LogP contribution in [-0.2, 0) is 14.3 Å². The molecule has 0 saturated carbocycles. The first-order valence-electron chi connectivity index (χ1n) is 6.70. The molecule has 9 heteroatoms. The van der Waals surface area contributed by atoms with E-state index in [4.69, 9.17) is 23.2 Å². The minimum absolute atomic E-state index is 0.0238. The van der Waals surface area contributed by atoms with Crippen LogP contribution in [0.5, 0.6) is 0 Å². The Morgan fingerprint density at radius 3 is 2.48 bits per heavy atom. The zero-order chi connectivity index (χ0) is 17.6. The number of quaternary nitrogens is 1. The molecule has 0 bridgehead atoms. The fraction of sp³-hybridized carbons (Fsp3) is 0.357. The second-order valence-electron chi connectivity index (χ2n) is 4.90. The molecular formula is C14H18Cl2N3O4+. The highest BCUT2D eigenvalue weighted by molar-refractivity contribution is 6.42. The summed E-state index contributed by atoms with van der Waals surface area (Å²) in [7, 11) is 2.82. The van der Waals surface area contributed by atoms with E-state index in [1.807, 2.05) is 0 Å². The predicted octanol–water partition coefficient (Wildman–Crippen LogP) is 0.718. The molecule has 0 aliphatic heterocycles. The molecule has 1 unspecified atom stereocenters.